The number of aryl methyl sites for hydroxylation is 1. The van der Waals surface area contributed by atoms with Crippen LogP contribution in [0.25, 0.3) is 0 Å². The van der Waals surface area contributed by atoms with Crippen molar-refractivity contribution in [2.45, 2.75) is 57.4 Å². The third kappa shape index (κ3) is 5.94. The van der Waals surface area contributed by atoms with E-state index < -0.39 is 0 Å². The molecule has 0 unspecified atom stereocenters. The van der Waals surface area contributed by atoms with E-state index in [0.29, 0.717) is 11.8 Å². The number of hydrogen-bond donors (Lipinski definition) is 3. The number of carboxylic acid groups (broad SMARTS) is 1. The smallest absolute Gasteiger partial charge is 0.290 e. The van der Waals surface area contributed by atoms with Crippen molar-refractivity contribution in [3.63, 3.8) is 0 Å². The number of piperidine rings is 1. The second-order valence-corrected chi connectivity index (χ2v) is 9.09. The van der Waals surface area contributed by atoms with Crippen molar-refractivity contribution < 1.29 is 19.5 Å². The molecule has 2 aromatic heterocycles. The highest BCUT2D eigenvalue weighted by molar-refractivity contribution is 7.12. The minimum atomic E-state index is -0.250. The van der Waals surface area contributed by atoms with Gasteiger partial charge in [-0.15, -0.1) is 11.3 Å². The number of aromatic nitrogens is 2. The summed E-state index contributed by atoms with van der Waals surface area (Å²) < 4.78 is 0. The zero-order chi connectivity index (χ0) is 22.2. The Balaban J connectivity index is 0.000000858. The van der Waals surface area contributed by atoms with Gasteiger partial charge in [-0.2, -0.15) is 5.10 Å². The number of carbonyl (C=O) groups is 3. The van der Waals surface area contributed by atoms with Crippen molar-refractivity contribution in [2.75, 3.05) is 13.1 Å². The van der Waals surface area contributed by atoms with Crippen LogP contribution in [0, 0.1) is 12.8 Å². The first-order chi connectivity index (χ1) is 15.0. The van der Waals surface area contributed by atoms with Gasteiger partial charge in [-0.3, -0.25) is 19.5 Å². The van der Waals surface area contributed by atoms with Gasteiger partial charge in [-0.25, -0.2) is 0 Å². The lowest BCUT2D eigenvalue weighted by Crippen LogP contribution is -2.44. The van der Waals surface area contributed by atoms with E-state index >= 15 is 0 Å². The molecule has 0 radical (unpaired) electrons. The SMILES string of the molecule is Cc1ccsc1C(=O)NC1CCC(C(=O)N2CCC(c3ccn[nH]3)CC2)CC1.O=CO. The first-order valence-electron chi connectivity index (χ1n) is 10.7. The van der Waals surface area contributed by atoms with E-state index in [-0.39, 0.29) is 24.3 Å². The van der Waals surface area contributed by atoms with E-state index in [1.807, 2.05) is 29.3 Å². The summed E-state index contributed by atoms with van der Waals surface area (Å²) in [6, 6.07) is 4.20. The minimum absolute atomic E-state index is 0.0307. The monoisotopic (exact) mass is 446 g/mol. The number of carbonyl (C=O) groups excluding carboxylic acids is 2. The second-order valence-electron chi connectivity index (χ2n) is 8.17. The zero-order valence-corrected chi connectivity index (χ0v) is 18.6. The highest BCUT2D eigenvalue weighted by Crippen LogP contribution is 2.31. The van der Waals surface area contributed by atoms with Gasteiger partial charge in [0, 0.05) is 42.9 Å². The Kier molecular flexibility index (Phi) is 8.22. The highest BCUT2D eigenvalue weighted by Gasteiger charge is 2.32. The Morgan fingerprint density at radius 1 is 1.19 bits per heavy atom. The van der Waals surface area contributed by atoms with Crippen LogP contribution in [0.5, 0.6) is 0 Å². The number of rotatable bonds is 4. The largest absolute Gasteiger partial charge is 0.483 e. The molecule has 0 spiro atoms. The molecule has 9 heteroatoms. The summed E-state index contributed by atoms with van der Waals surface area (Å²) in [4.78, 5) is 36.5. The highest BCUT2D eigenvalue weighted by atomic mass is 32.1. The minimum Gasteiger partial charge on any atom is -0.483 e. The summed E-state index contributed by atoms with van der Waals surface area (Å²) in [5.74, 6) is 0.934. The average molecular weight is 447 g/mol. The molecule has 2 aliphatic rings. The standard InChI is InChI=1S/C21H28N4O2S.CH2O2/c1-14-9-13-28-19(14)20(26)23-17-4-2-16(3-5-17)21(27)25-11-7-15(8-12-25)18-6-10-22-24-18;2-1-3/h6,9-10,13,15-17H,2-5,7-8,11-12H2,1H3,(H,22,24)(H,23,26);1H,(H,2,3). The van der Waals surface area contributed by atoms with Gasteiger partial charge >= 0.3 is 0 Å². The molecular formula is C22H30N4O4S. The quantitative estimate of drug-likeness (QED) is 0.624. The lowest BCUT2D eigenvalue weighted by atomic mass is 9.84. The predicted molar refractivity (Wildman–Crippen MR) is 118 cm³/mol. The molecular weight excluding hydrogens is 416 g/mol. The molecule has 168 valence electrons. The van der Waals surface area contributed by atoms with Gasteiger partial charge in [0.25, 0.3) is 12.4 Å². The van der Waals surface area contributed by atoms with Crippen molar-refractivity contribution in [3.8, 4) is 0 Å². The lowest BCUT2D eigenvalue weighted by molar-refractivity contribution is -0.137. The van der Waals surface area contributed by atoms with Gasteiger partial charge in [-0.05, 0) is 68.5 Å². The van der Waals surface area contributed by atoms with Crippen LogP contribution in [-0.4, -0.2) is 57.6 Å². The summed E-state index contributed by atoms with van der Waals surface area (Å²) in [6.45, 7) is 3.38. The lowest BCUT2D eigenvalue weighted by Gasteiger charge is -2.36. The van der Waals surface area contributed by atoms with Crippen LogP contribution in [0.4, 0.5) is 0 Å². The number of thiophene rings is 1. The number of nitrogens with zero attached hydrogens (tertiary/aromatic N) is 2. The first-order valence-corrected chi connectivity index (χ1v) is 11.6. The van der Waals surface area contributed by atoms with Crippen LogP contribution < -0.4 is 5.32 Å². The number of hydrogen-bond acceptors (Lipinski definition) is 5. The van der Waals surface area contributed by atoms with Crippen LogP contribution in [0.1, 0.15) is 65.4 Å². The summed E-state index contributed by atoms with van der Waals surface area (Å²) in [6.07, 6.45) is 7.30. The van der Waals surface area contributed by atoms with Crippen molar-refractivity contribution in [1.82, 2.24) is 20.4 Å². The maximum Gasteiger partial charge on any atom is 0.290 e. The van der Waals surface area contributed by atoms with Crippen molar-refractivity contribution in [2.24, 2.45) is 5.92 Å². The fourth-order valence-electron chi connectivity index (χ4n) is 4.50. The van der Waals surface area contributed by atoms with E-state index in [2.05, 4.69) is 15.5 Å². The van der Waals surface area contributed by atoms with Crippen LogP contribution in [0.2, 0.25) is 0 Å². The second kappa shape index (κ2) is 11.1. The van der Waals surface area contributed by atoms with E-state index in [9.17, 15) is 9.59 Å². The molecule has 0 aromatic carbocycles. The molecule has 1 aliphatic heterocycles. The van der Waals surface area contributed by atoms with Gasteiger partial charge in [0.15, 0.2) is 0 Å². The molecule has 0 bridgehead atoms. The van der Waals surface area contributed by atoms with Crippen LogP contribution in [0.3, 0.4) is 0 Å². The van der Waals surface area contributed by atoms with Crippen LogP contribution in [-0.2, 0) is 9.59 Å². The Morgan fingerprint density at radius 2 is 1.87 bits per heavy atom. The fourth-order valence-corrected chi connectivity index (χ4v) is 5.33. The van der Waals surface area contributed by atoms with E-state index in [4.69, 9.17) is 9.90 Å². The van der Waals surface area contributed by atoms with Crippen molar-refractivity contribution >= 4 is 29.6 Å². The summed E-state index contributed by atoms with van der Waals surface area (Å²) in [5.41, 5.74) is 2.22. The molecule has 8 nitrogen and oxygen atoms in total. The van der Waals surface area contributed by atoms with Crippen molar-refractivity contribution in [3.05, 3.63) is 39.8 Å². The third-order valence-electron chi connectivity index (χ3n) is 6.25. The van der Waals surface area contributed by atoms with Crippen molar-refractivity contribution in [1.29, 1.82) is 0 Å². The van der Waals surface area contributed by atoms with Gasteiger partial charge in [0.1, 0.15) is 0 Å². The Labute approximate surface area is 186 Å². The number of H-pyrrole nitrogens is 1. The molecule has 2 amide bonds. The number of aromatic amines is 1. The number of likely N-dealkylation sites (tertiary alicyclic amines) is 1. The molecule has 3 heterocycles. The Hall–Kier alpha value is -2.68. The molecule has 1 saturated heterocycles. The first kappa shape index (κ1) is 23.0. The van der Waals surface area contributed by atoms with Gasteiger partial charge < -0.3 is 15.3 Å². The molecule has 0 atom stereocenters. The fraction of sp³-hybridized carbons (Fsp3) is 0.545. The van der Waals surface area contributed by atoms with Crippen LogP contribution in [0.15, 0.2) is 23.7 Å². The molecule has 2 fully saturated rings. The molecule has 1 saturated carbocycles. The summed E-state index contributed by atoms with van der Waals surface area (Å²) in [5, 5.41) is 19.1. The topological polar surface area (TPSA) is 115 Å². The summed E-state index contributed by atoms with van der Waals surface area (Å²) >= 11 is 1.49. The van der Waals surface area contributed by atoms with E-state index in [1.165, 1.54) is 17.0 Å². The predicted octanol–water partition coefficient (Wildman–Crippen LogP) is 3.18. The summed E-state index contributed by atoms with van der Waals surface area (Å²) in [7, 11) is 0. The van der Waals surface area contributed by atoms with Crippen LogP contribution >= 0.6 is 11.3 Å². The average Bonchev–Trinajstić information content (AvgIpc) is 3.46. The molecule has 4 rings (SSSR count). The van der Waals surface area contributed by atoms with Gasteiger partial charge in [-0.1, -0.05) is 0 Å². The number of amides is 2. The molecule has 31 heavy (non-hydrogen) atoms. The Bertz CT molecular complexity index is 851. The van der Waals surface area contributed by atoms with E-state index in [0.717, 1.165) is 62.1 Å². The molecule has 3 N–H and O–H groups in total. The molecule has 1 aliphatic carbocycles. The van der Waals surface area contributed by atoms with Gasteiger partial charge in [0.2, 0.25) is 5.91 Å². The van der Waals surface area contributed by atoms with Gasteiger partial charge in [0.05, 0.1) is 4.88 Å². The molecule has 2 aromatic rings. The maximum absolute atomic E-state index is 12.9. The normalized spacial score (nSPS) is 21.6. The van der Waals surface area contributed by atoms with E-state index in [1.54, 1.807) is 6.20 Å². The maximum atomic E-state index is 12.9. The Morgan fingerprint density at radius 3 is 2.42 bits per heavy atom. The zero-order valence-electron chi connectivity index (χ0n) is 17.8. The number of nitrogens with one attached hydrogen (secondary N) is 2. The third-order valence-corrected chi connectivity index (χ3v) is 7.26.